The second-order valence-electron chi connectivity index (χ2n) is 8.17. The fourth-order valence-corrected chi connectivity index (χ4v) is 4.09. The summed E-state index contributed by atoms with van der Waals surface area (Å²) in [6.07, 6.45) is 2.51. The van der Waals surface area contributed by atoms with Gasteiger partial charge in [0.05, 0.1) is 36.7 Å². The van der Waals surface area contributed by atoms with Crippen LogP contribution in [0.3, 0.4) is 0 Å². The summed E-state index contributed by atoms with van der Waals surface area (Å²) in [7, 11) is 1.71. The number of amides is 2. The second kappa shape index (κ2) is 8.43. The van der Waals surface area contributed by atoms with E-state index in [1.165, 1.54) is 34.3 Å². The number of hydrogen-bond donors (Lipinski definition) is 0. The Balaban J connectivity index is 1.25. The number of rotatable bonds is 4. The summed E-state index contributed by atoms with van der Waals surface area (Å²) in [5.74, 6) is -2.06. The maximum Gasteiger partial charge on any atom is 0.341 e. The highest BCUT2D eigenvalue weighted by molar-refractivity contribution is 5.79. The number of hydrogen-bond acceptors (Lipinski definition) is 6. The Morgan fingerprint density at radius 3 is 2.53 bits per heavy atom. The van der Waals surface area contributed by atoms with Gasteiger partial charge in [0.25, 0.3) is 0 Å². The Hall–Kier alpha value is -3.96. The molecule has 1 atom stereocenters. The lowest BCUT2D eigenvalue weighted by Gasteiger charge is -2.41. The van der Waals surface area contributed by atoms with Gasteiger partial charge in [-0.05, 0) is 24.6 Å². The molecular formula is C22H20F3N7O2. The molecule has 2 aliphatic heterocycles. The lowest BCUT2D eigenvalue weighted by Crippen LogP contribution is -2.58. The zero-order valence-corrected chi connectivity index (χ0v) is 18.3. The fraction of sp³-hybridized carbons (Fsp3) is 0.318. The fourth-order valence-electron chi connectivity index (χ4n) is 4.09. The summed E-state index contributed by atoms with van der Waals surface area (Å²) < 4.78 is 48.9. The first-order chi connectivity index (χ1) is 16.3. The molecule has 1 saturated heterocycles. The quantitative estimate of drug-likeness (QED) is 0.583. The summed E-state index contributed by atoms with van der Waals surface area (Å²) in [4.78, 5) is 18.5. The largest absolute Gasteiger partial charge is 0.483 e. The summed E-state index contributed by atoms with van der Waals surface area (Å²) in [5, 5.41) is 13.2. The number of benzene rings is 1. The molecular weight excluding hydrogens is 451 g/mol. The molecule has 34 heavy (non-hydrogen) atoms. The maximum absolute atomic E-state index is 14.3. The molecule has 12 heteroatoms. The summed E-state index contributed by atoms with van der Waals surface area (Å²) in [6.45, 7) is 2.19. The third-order valence-electron chi connectivity index (χ3n) is 5.77. The van der Waals surface area contributed by atoms with Crippen molar-refractivity contribution in [2.24, 2.45) is 12.1 Å². The first kappa shape index (κ1) is 21.9. The molecule has 3 aromatic rings. The number of pyridine rings is 1. The van der Waals surface area contributed by atoms with Crippen LogP contribution in [0.2, 0.25) is 0 Å². The predicted molar refractivity (Wildman–Crippen MR) is 114 cm³/mol. The maximum atomic E-state index is 14.3. The van der Waals surface area contributed by atoms with Gasteiger partial charge < -0.3 is 9.64 Å². The van der Waals surface area contributed by atoms with E-state index in [0.29, 0.717) is 29.1 Å². The molecule has 0 spiro atoms. The van der Waals surface area contributed by atoms with E-state index in [1.807, 2.05) is 0 Å². The summed E-state index contributed by atoms with van der Waals surface area (Å²) in [6, 6.07) is 3.61. The number of halogens is 3. The molecule has 1 aromatic carbocycles. The van der Waals surface area contributed by atoms with E-state index in [0.717, 1.165) is 12.3 Å². The molecule has 0 saturated carbocycles. The van der Waals surface area contributed by atoms with Gasteiger partial charge in [-0.15, -0.1) is 5.10 Å². The molecule has 1 unspecified atom stereocenters. The molecule has 0 aliphatic carbocycles. The van der Waals surface area contributed by atoms with Crippen LogP contribution in [-0.2, 0) is 7.05 Å². The van der Waals surface area contributed by atoms with Crippen molar-refractivity contribution in [1.29, 1.82) is 0 Å². The average molecular weight is 471 g/mol. The zero-order valence-electron chi connectivity index (χ0n) is 18.3. The Labute approximate surface area is 192 Å². The van der Waals surface area contributed by atoms with Gasteiger partial charge in [0.2, 0.25) is 0 Å². The number of nitrogens with zero attached hydrogens (tertiary/aromatic N) is 7. The Morgan fingerprint density at radius 1 is 1.12 bits per heavy atom. The van der Waals surface area contributed by atoms with Crippen LogP contribution < -0.4 is 4.74 Å². The highest BCUT2D eigenvalue weighted by Crippen LogP contribution is 2.32. The number of ether oxygens (including phenoxy) is 1. The Bertz CT molecular complexity index is 1250. The van der Waals surface area contributed by atoms with Crippen LogP contribution in [0.25, 0.3) is 11.4 Å². The highest BCUT2D eigenvalue weighted by atomic mass is 19.1. The van der Waals surface area contributed by atoms with Crippen molar-refractivity contribution in [3.05, 3.63) is 59.2 Å². The van der Waals surface area contributed by atoms with Crippen LogP contribution >= 0.6 is 0 Å². The van der Waals surface area contributed by atoms with Crippen LogP contribution in [0.15, 0.2) is 35.6 Å². The topological polar surface area (TPSA) is 88.7 Å². The average Bonchev–Trinajstić information content (AvgIpc) is 3.37. The molecule has 0 radical (unpaired) electrons. The number of aromatic nitrogens is 4. The number of carbonyl (C=O) groups excluding carboxylic acids is 1. The van der Waals surface area contributed by atoms with Gasteiger partial charge in [-0.1, -0.05) is 5.21 Å². The van der Waals surface area contributed by atoms with E-state index in [2.05, 4.69) is 20.4 Å². The summed E-state index contributed by atoms with van der Waals surface area (Å²) >= 11 is 0. The predicted octanol–water partition coefficient (Wildman–Crippen LogP) is 3.22. The van der Waals surface area contributed by atoms with Crippen LogP contribution in [0.5, 0.6) is 5.75 Å². The molecule has 176 valence electrons. The van der Waals surface area contributed by atoms with E-state index < -0.39 is 35.6 Å². The van der Waals surface area contributed by atoms with Crippen molar-refractivity contribution in [3.63, 3.8) is 0 Å². The van der Waals surface area contributed by atoms with Crippen molar-refractivity contribution in [1.82, 2.24) is 29.9 Å². The van der Waals surface area contributed by atoms with Gasteiger partial charge >= 0.3 is 6.03 Å². The number of likely N-dealkylation sites (tertiary alicyclic amines) is 1. The third kappa shape index (κ3) is 3.95. The lowest BCUT2D eigenvalue weighted by molar-refractivity contribution is 0.0256. The molecule has 2 amide bonds. The van der Waals surface area contributed by atoms with E-state index >= 15 is 0 Å². The molecule has 0 bridgehead atoms. The molecule has 2 aliphatic rings. The van der Waals surface area contributed by atoms with Gasteiger partial charge in [0.1, 0.15) is 23.4 Å². The van der Waals surface area contributed by atoms with E-state index in [-0.39, 0.29) is 18.8 Å². The van der Waals surface area contributed by atoms with Crippen LogP contribution in [0.4, 0.5) is 18.0 Å². The molecule has 4 heterocycles. The minimum atomic E-state index is -0.720. The van der Waals surface area contributed by atoms with E-state index in [9.17, 15) is 18.0 Å². The SMILES string of the molecule is Cc1nnn(C)c1-c1cc(OC2CN(C(=O)N3N=CCC3c3cc(F)cc(F)c3)C2)c(F)cn1. The van der Waals surface area contributed by atoms with Gasteiger partial charge in [-0.3, -0.25) is 4.98 Å². The van der Waals surface area contributed by atoms with Gasteiger partial charge in [-0.2, -0.15) is 5.10 Å². The van der Waals surface area contributed by atoms with Crippen molar-refractivity contribution in [2.45, 2.75) is 25.5 Å². The minimum absolute atomic E-state index is 0.00926. The molecule has 5 rings (SSSR count). The first-order valence-corrected chi connectivity index (χ1v) is 10.6. The smallest absolute Gasteiger partial charge is 0.341 e. The first-order valence-electron chi connectivity index (χ1n) is 10.6. The Morgan fingerprint density at radius 2 is 1.85 bits per heavy atom. The number of aryl methyl sites for hydroxylation is 2. The molecule has 0 N–H and O–H groups in total. The van der Waals surface area contributed by atoms with Crippen molar-refractivity contribution >= 4 is 12.2 Å². The normalized spacial score (nSPS) is 17.9. The van der Waals surface area contributed by atoms with Crippen LogP contribution in [0, 0.1) is 24.4 Å². The van der Waals surface area contributed by atoms with E-state index in [4.69, 9.17) is 4.74 Å². The number of hydrazone groups is 1. The van der Waals surface area contributed by atoms with Gasteiger partial charge in [0.15, 0.2) is 11.6 Å². The molecule has 2 aromatic heterocycles. The Kier molecular flexibility index (Phi) is 5.42. The highest BCUT2D eigenvalue weighted by Gasteiger charge is 2.39. The number of carbonyl (C=O) groups is 1. The zero-order chi connectivity index (χ0) is 24.0. The monoisotopic (exact) mass is 471 g/mol. The van der Waals surface area contributed by atoms with Crippen LogP contribution in [-0.4, -0.2) is 61.3 Å². The standard InChI is InChI=1S/C22H20F3N7O2/c1-12-21(30(2)29-28-12)18-8-20(17(25)9-26-18)34-16-10-31(11-16)22(33)32-19(3-4-27-32)13-5-14(23)7-15(24)6-13/h4-9,16,19H,3,10-11H2,1-2H3. The lowest BCUT2D eigenvalue weighted by atomic mass is 10.0. The number of urea groups is 1. The summed E-state index contributed by atoms with van der Waals surface area (Å²) in [5.41, 5.74) is 2.07. The third-order valence-corrected chi connectivity index (χ3v) is 5.77. The van der Waals surface area contributed by atoms with Crippen LogP contribution in [0.1, 0.15) is 23.7 Å². The van der Waals surface area contributed by atoms with E-state index in [1.54, 1.807) is 18.7 Å². The minimum Gasteiger partial charge on any atom is -0.483 e. The van der Waals surface area contributed by atoms with Crippen molar-refractivity contribution in [2.75, 3.05) is 13.1 Å². The molecule has 1 fully saturated rings. The van der Waals surface area contributed by atoms with Gasteiger partial charge in [-0.25, -0.2) is 27.7 Å². The van der Waals surface area contributed by atoms with Crippen molar-refractivity contribution < 1.29 is 22.7 Å². The van der Waals surface area contributed by atoms with Gasteiger partial charge in [0, 0.05) is 31.8 Å². The second-order valence-corrected chi connectivity index (χ2v) is 8.17. The molecule has 9 nitrogen and oxygen atoms in total. The van der Waals surface area contributed by atoms with Crippen molar-refractivity contribution in [3.8, 4) is 17.1 Å².